The first-order valence-electron chi connectivity index (χ1n) is 3.77. The van der Waals surface area contributed by atoms with Crippen molar-refractivity contribution in [3.8, 4) is 0 Å². The fourth-order valence-electron chi connectivity index (χ4n) is 1.07. The van der Waals surface area contributed by atoms with Crippen molar-refractivity contribution in [3.63, 3.8) is 0 Å². The summed E-state index contributed by atoms with van der Waals surface area (Å²) >= 11 is 5.39. The van der Waals surface area contributed by atoms with Gasteiger partial charge in [0.2, 0.25) is 0 Å². The molecule has 0 N–H and O–H groups in total. The Hall–Kier alpha value is -0.645. The van der Waals surface area contributed by atoms with Gasteiger partial charge in [-0.05, 0) is 19.4 Å². The maximum atomic E-state index is 12.4. The van der Waals surface area contributed by atoms with E-state index in [4.69, 9.17) is 11.6 Å². The Morgan fingerprint density at radius 3 is 2.31 bits per heavy atom. The van der Waals surface area contributed by atoms with Gasteiger partial charge in [-0.1, -0.05) is 11.6 Å². The van der Waals surface area contributed by atoms with Crippen LogP contribution in [0.4, 0.5) is 12.9 Å². The van der Waals surface area contributed by atoms with Crippen LogP contribution in [0.25, 0.3) is 0 Å². The maximum absolute atomic E-state index is 12.4. The quantitative estimate of drug-likeness (QED) is 0.686. The minimum atomic E-state index is -5.08. The van der Waals surface area contributed by atoms with Crippen molar-refractivity contribution >= 4 is 24.2 Å². The first-order valence-corrected chi connectivity index (χ1v) is 4.14. The largest absolute Gasteiger partial charge is 0.528 e. The van der Waals surface area contributed by atoms with Crippen molar-refractivity contribution in [1.82, 2.24) is 9.78 Å². The average molecular weight is 211 g/mol. The third kappa shape index (κ3) is 1.99. The van der Waals surface area contributed by atoms with Gasteiger partial charge in [-0.2, -0.15) is 5.10 Å². The van der Waals surface area contributed by atoms with Crippen LogP contribution in [0, 0.1) is 0 Å². The summed E-state index contributed by atoms with van der Waals surface area (Å²) in [6.07, 6.45) is 1.02. The Balaban J connectivity index is 3.25. The van der Waals surface area contributed by atoms with Crippen LogP contribution in [0.5, 0.6) is 0 Å². The van der Waals surface area contributed by atoms with E-state index in [1.807, 2.05) is 0 Å². The monoisotopic (exact) mass is 211 g/mol. The molecule has 0 fully saturated rings. The zero-order valence-corrected chi connectivity index (χ0v) is 7.89. The zero-order chi connectivity index (χ0) is 10.2. The van der Waals surface area contributed by atoms with Crippen LogP contribution in [0.1, 0.15) is 19.9 Å². The zero-order valence-electron chi connectivity index (χ0n) is 7.14. The van der Waals surface area contributed by atoms with E-state index in [9.17, 15) is 12.9 Å². The molecule has 1 aromatic rings. The molecule has 0 unspecified atom stereocenters. The lowest BCUT2D eigenvalue weighted by Crippen LogP contribution is -2.41. The molecule has 0 aliphatic rings. The second-order valence-corrected chi connectivity index (χ2v) is 3.40. The van der Waals surface area contributed by atoms with Crippen LogP contribution in [0.2, 0.25) is 5.02 Å². The van der Waals surface area contributed by atoms with E-state index < -0.39 is 12.6 Å². The first-order chi connectivity index (χ1) is 5.84. The van der Waals surface area contributed by atoms with Gasteiger partial charge in [-0.25, -0.2) is 0 Å². The van der Waals surface area contributed by atoms with E-state index in [0.717, 1.165) is 10.9 Å². The van der Waals surface area contributed by atoms with Crippen LogP contribution >= 0.6 is 11.6 Å². The smallest absolute Gasteiger partial charge is 0.444 e. The standard InChI is InChI=1S/C6H8BClF3N2/c1-4(2)13-6(7(9,10)11)5(8)3-12-13/h3-4H,1-2H3/q-1. The Kier molecular flexibility index (Phi) is 2.61. The lowest BCUT2D eigenvalue weighted by Gasteiger charge is -2.19. The van der Waals surface area contributed by atoms with Crippen molar-refractivity contribution in [2.24, 2.45) is 0 Å². The summed E-state index contributed by atoms with van der Waals surface area (Å²) in [4.78, 5) is 0. The highest BCUT2D eigenvalue weighted by atomic mass is 35.5. The topological polar surface area (TPSA) is 17.8 Å². The molecule has 0 saturated heterocycles. The van der Waals surface area contributed by atoms with Crippen LogP contribution in [-0.2, 0) is 0 Å². The van der Waals surface area contributed by atoms with Gasteiger partial charge in [-0.15, -0.1) is 0 Å². The van der Waals surface area contributed by atoms with Crippen LogP contribution in [-0.4, -0.2) is 16.8 Å². The molecule has 7 heteroatoms. The van der Waals surface area contributed by atoms with Crippen molar-refractivity contribution in [2.75, 3.05) is 0 Å². The summed E-state index contributed by atoms with van der Waals surface area (Å²) in [5.74, 6) is 0. The van der Waals surface area contributed by atoms with Gasteiger partial charge < -0.3 is 12.9 Å². The number of rotatable bonds is 2. The molecule has 0 aliphatic carbocycles. The summed E-state index contributed by atoms with van der Waals surface area (Å²) in [6, 6.07) is -0.342. The summed E-state index contributed by atoms with van der Waals surface area (Å²) in [7, 11) is 0. The highest BCUT2D eigenvalue weighted by Crippen LogP contribution is 2.17. The predicted octanol–water partition coefficient (Wildman–Crippen LogP) is 2.17. The minimum absolute atomic E-state index is 0.332. The molecule has 0 aromatic carbocycles. The predicted molar refractivity (Wildman–Crippen MR) is 46.3 cm³/mol. The molecule has 1 aromatic heterocycles. The lowest BCUT2D eigenvalue weighted by molar-refractivity contribution is 0.473. The van der Waals surface area contributed by atoms with Crippen LogP contribution in [0.3, 0.4) is 0 Å². The number of aromatic nitrogens is 2. The van der Waals surface area contributed by atoms with Crippen molar-refractivity contribution in [2.45, 2.75) is 19.9 Å². The van der Waals surface area contributed by atoms with E-state index in [1.165, 1.54) is 0 Å². The molecular formula is C6H8BClF3N2-. The van der Waals surface area contributed by atoms with Crippen molar-refractivity contribution in [3.05, 3.63) is 11.2 Å². The van der Waals surface area contributed by atoms with Gasteiger partial charge in [0, 0.05) is 6.04 Å². The molecule has 0 atom stereocenters. The normalized spacial score (nSPS) is 12.5. The summed E-state index contributed by atoms with van der Waals surface area (Å²) in [5, 5.41) is 3.23. The molecule has 0 spiro atoms. The van der Waals surface area contributed by atoms with Gasteiger partial charge in [-0.3, -0.25) is 4.68 Å². The fraction of sp³-hybridized carbons (Fsp3) is 0.500. The molecule has 0 saturated carbocycles. The molecule has 0 aliphatic heterocycles. The van der Waals surface area contributed by atoms with E-state index in [0.29, 0.717) is 0 Å². The van der Waals surface area contributed by atoms with Crippen LogP contribution < -0.4 is 5.59 Å². The Morgan fingerprint density at radius 2 is 2.00 bits per heavy atom. The summed E-state index contributed by atoms with van der Waals surface area (Å²) in [6.45, 7) is -1.85. The third-order valence-corrected chi connectivity index (χ3v) is 1.88. The van der Waals surface area contributed by atoms with Crippen LogP contribution in [0.15, 0.2) is 6.20 Å². The van der Waals surface area contributed by atoms with Gasteiger partial charge in [0.1, 0.15) is 0 Å². The SMILES string of the molecule is CC(C)n1ncc(Cl)c1[B-](F)(F)F. The molecule has 0 amide bonds. The molecule has 0 radical (unpaired) electrons. The Labute approximate surface area is 78.7 Å². The van der Waals surface area contributed by atoms with Crippen molar-refractivity contribution in [1.29, 1.82) is 0 Å². The minimum Gasteiger partial charge on any atom is -0.444 e. The second-order valence-electron chi connectivity index (χ2n) is 2.99. The summed E-state index contributed by atoms with van der Waals surface area (Å²) < 4.78 is 38.2. The molecule has 74 valence electrons. The molecule has 13 heavy (non-hydrogen) atoms. The first kappa shape index (κ1) is 10.4. The van der Waals surface area contributed by atoms with Gasteiger partial charge >= 0.3 is 6.98 Å². The van der Waals surface area contributed by atoms with E-state index in [1.54, 1.807) is 13.8 Å². The number of halogens is 4. The summed E-state index contributed by atoms with van der Waals surface area (Å²) in [5.41, 5.74) is -0.823. The molecule has 0 bridgehead atoms. The van der Waals surface area contributed by atoms with E-state index in [2.05, 4.69) is 5.10 Å². The maximum Gasteiger partial charge on any atom is 0.528 e. The lowest BCUT2D eigenvalue weighted by atomic mass is 9.85. The number of hydrogen-bond donors (Lipinski definition) is 0. The van der Waals surface area contributed by atoms with E-state index in [-0.39, 0.29) is 11.1 Å². The third-order valence-electron chi connectivity index (χ3n) is 1.59. The van der Waals surface area contributed by atoms with Gasteiger partial charge in [0.25, 0.3) is 0 Å². The number of hydrogen-bond acceptors (Lipinski definition) is 1. The molecule has 1 heterocycles. The highest BCUT2D eigenvalue weighted by molar-refractivity contribution is 6.75. The average Bonchev–Trinajstić information content (AvgIpc) is 2.28. The van der Waals surface area contributed by atoms with Gasteiger partial charge in [0.15, 0.2) is 0 Å². The second kappa shape index (κ2) is 3.25. The van der Waals surface area contributed by atoms with Gasteiger partial charge in [0.05, 0.1) is 11.2 Å². The molecular weight excluding hydrogens is 203 g/mol. The number of nitrogens with zero attached hydrogens (tertiary/aromatic N) is 2. The van der Waals surface area contributed by atoms with E-state index >= 15 is 0 Å². The Bertz CT molecular complexity index is 307. The Morgan fingerprint density at radius 1 is 1.46 bits per heavy atom. The highest BCUT2D eigenvalue weighted by Gasteiger charge is 2.33. The molecule has 2 nitrogen and oxygen atoms in total. The fourth-order valence-corrected chi connectivity index (χ4v) is 1.32. The van der Waals surface area contributed by atoms with Crippen molar-refractivity contribution < 1.29 is 12.9 Å². The molecule has 1 rings (SSSR count).